The molecular weight excluding hydrogens is 397 g/mol. The standard InChI is InChI=1S/C25H24FNO4/c1-29-22-9-4-17(5-10-22)12-21(13-19-6-11-23-24(14-19)31-16-30-23)27-25(28)15-18-2-7-20(26)8-3-18/h2-11,14,21H,12-13,15-16H2,1H3,(H,27,28). The molecule has 0 radical (unpaired) electrons. The van der Waals surface area contributed by atoms with Gasteiger partial charge in [0.25, 0.3) is 0 Å². The molecule has 0 saturated carbocycles. The SMILES string of the molecule is COc1ccc(CC(Cc2ccc3c(c2)OCO3)NC(=O)Cc2ccc(F)cc2)cc1. The zero-order chi connectivity index (χ0) is 21.6. The maximum atomic E-state index is 13.1. The monoisotopic (exact) mass is 421 g/mol. The van der Waals surface area contributed by atoms with E-state index >= 15 is 0 Å². The zero-order valence-electron chi connectivity index (χ0n) is 17.3. The van der Waals surface area contributed by atoms with Crippen molar-refractivity contribution < 1.29 is 23.4 Å². The van der Waals surface area contributed by atoms with Gasteiger partial charge in [-0.3, -0.25) is 4.79 Å². The molecule has 1 aliphatic heterocycles. The Bertz CT molecular complexity index is 1030. The summed E-state index contributed by atoms with van der Waals surface area (Å²) in [5, 5.41) is 3.14. The lowest BCUT2D eigenvalue weighted by Gasteiger charge is -2.20. The van der Waals surface area contributed by atoms with E-state index in [1.165, 1.54) is 12.1 Å². The van der Waals surface area contributed by atoms with Crippen LogP contribution in [-0.2, 0) is 24.1 Å². The van der Waals surface area contributed by atoms with E-state index in [9.17, 15) is 9.18 Å². The van der Waals surface area contributed by atoms with E-state index in [2.05, 4.69) is 5.32 Å². The van der Waals surface area contributed by atoms with Crippen molar-refractivity contribution in [3.05, 3.63) is 89.2 Å². The van der Waals surface area contributed by atoms with E-state index in [0.29, 0.717) is 12.8 Å². The number of halogens is 1. The number of benzene rings is 3. The first-order valence-electron chi connectivity index (χ1n) is 10.1. The average molecular weight is 421 g/mol. The number of carbonyl (C=O) groups is 1. The molecule has 6 heteroatoms. The van der Waals surface area contributed by atoms with Gasteiger partial charge in [0.2, 0.25) is 12.7 Å². The number of rotatable bonds is 8. The molecule has 1 amide bonds. The summed E-state index contributed by atoms with van der Waals surface area (Å²) >= 11 is 0. The van der Waals surface area contributed by atoms with E-state index in [-0.39, 0.29) is 31.0 Å². The number of carbonyl (C=O) groups excluding carboxylic acids is 1. The Balaban J connectivity index is 1.48. The predicted octanol–water partition coefficient (Wildman–Crippen LogP) is 4.08. The van der Waals surface area contributed by atoms with E-state index in [1.54, 1.807) is 19.2 Å². The Morgan fingerprint density at radius 2 is 1.58 bits per heavy atom. The summed E-state index contributed by atoms with van der Waals surface area (Å²) in [5.41, 5.74) is 2.91. The second kappa shape index (κ2) is 9.51. The molecule has 1 unspecified atom stereocenters. The van der Waals surface area contributed by atoms with Gasteiger partial charge in [-0.05, 0) is 65.9 Å². The van der Waals surface area contributed by atoms with Crippen LogP contribution in [0.3, 0.4) is 0 Å². The van der Waals surface area contributed by atoms with Gasteiger partial charge >= 0.3 is 0 Å². The van der Waals surface area contributed by atoms with Gasteiger partial charge in [-0.25, -0.2) is 4.39 Å². The quantitative estimate of drug-likeness (QED) is 0.596. The summed E-state index contributed by atoms with van der Waals surface area (Å²) in [7, 11) is 1.63. The van der Waals surface area contributed by atoms with Gasteiger partial charge in [0.1, 0.15) is 11.6 Å². The highest BCUT2D eigenvalue weighted by Gasteiger charge is 2.18. The molecule has 1 heterocycles. The molecule has 0 bridgehead atoms. The number of nitrogens with one attached hydrogen (secondary N) is 1. The van der Waals surface area contributed by atoms with Crippen LogP contribution in [0, 0.1) is 5.82 Å². The molecule has 0 spiro atoms. The van der Waals surface area contributed by atoms with Crippen molar-refractivity contribution in [2.75, 3.05) is 13.9 Å². The number of hydrogen-bond donors (Lipinski definition) is 1. The summed E-state index contributed by atoms with van der Waals surface area (Å²) in [4.78, 5) is 12.7. The van der Waals surface area contributed by atoms with Gasteiger partial charge in [0, 0.05) is 6.04 Å². The Morgan fingerprint density at radius 1 is 0.935 bits per heavy atom. The topological polar surface area (TPSA) is 56.8 Å². The van der Waals surface area contributed by atoms with Gasteiger partial charge in [-0.2, -0.15) is 0 Å². The van der Waals surface area contributed by atoms with Crippen LogP contribution in [0.4, 0.5) is 4.39 Å². The molecular formula is C25H24FNO4. The maximum absolute atomic E-state index is 13.1. The first kappa shape index (κ1) is 20.7. The van der Waals surface area contributed by atoms with Crippen molar-refractivity contribution in [1.29, 1.82) is 0 Å². The lowest BCUT2D eigenvalue weighted by molar-refractivity contribution is -0.121. The van der Waals surface area contributed by atoms with Crippen LogP contribution >= 0.6 is 0 Å². The average Bonchev–Trinajstić information content (AvgIpc) is 3.24. The van der Waals surface area contributed by atoms with E-state index in [4.69, 9.17) is 14.2 Å². The second-order valence-electron chi connectivity index (χ2n) is 7.51. The van der Waals surface area contributed by atoms with Crippen molar-refractivity contribution >= 4 is 5.91 Å². The lowest BCUT2D eigenvalue weighted by atomic mass is 9.98. The molecule has 1 aliphatic rings. The van der Waals surface area contributed by atoms with Gasteiger partial charge in [0.05, 0.1) is 13.5 Å². The Labute approximate surface area is 180 Å². The smallest absolute Gasteiger partial charge is 0.231 e. The van der Waals surface area contributed by atoms with Crippen LogP contribution in [0.25, 0.3) is 0 Å². The van der Waals surface area contributed by atoms with Crippen LogP contribution in [0.1, 0.15) is 16.7 Å². The molecule has 3 aromatic rings. The van der Waals surface area contributed by atoms with Crippen molar-refractivity contribution in [3.8, 4) is 17.2 Å². The van der Waals surface area contributed by atoms with E-state index < -0.39 is 0 Å². The fourth-order valence-electron chi connectivity index (χ4n) is 3.64. The van der Waals surface area contributed by atoms with Gasteiger partial charge < -0.3 is 19.5 Å². The molecule has 1 N–H and O–H groups in total. The minimum Gasteiger partial charge on any atom is -0.497 e. The fraction of sp³-hybridized carbons (Fsp3) is 0.240. The third kappa shape index (κ3) is 5.54. The summed E-state index contributed by atoms with van der Waals surface area (Å²) in [6.07, 6.45) is 1.49. The van der Waals surface area contributed by atoms with Crippen molar-refractivity contribution in [3.63, 3.8) is 0 Å². The fourth-order valence-corrected chi connectivity index (χ4v) is 3.64. The minimum atomic E-state index is -0.315. The molecule has 5 nitrogen and oxygen atoms in total. The summed E-state index contributed by atoms with van der Waals surface area (Å²) in [6, 6.07) is 19.5. The Hall–Kier alpha value is -3.54. The van der Waals surface area contributed by atoms with Gasteiger partial charge in [-0.1, -0.05) is 30.3 Å². The van der Waals surface area contributed by atoms with Crippen molar-refractivity contribution in [2.24, 2.45) is 0 Å². The minimum absolute atomic E-state index is 0.106. The summed E-state index contributed by atoms with van der Waals surface area (Å²) in [6.45, 7) is 0.225. The number of ether oxygens (including phenoxy) is 3. The van der Waals surface area contributed by atoms with Crippen LogP contribution in [0.15, 0.2) is 66.7 Å². The number of methoxy groups -OCH3 is 1. The highest BCUT2D eigenvalue weighted by molar-refractivity contribution is 5.79. The van der Waals surface area contributed by atoms with Gasteiger partial charge in [0.15, 0.2) is 11.5 Å². The first-order chi connectivity index (χ1) is 15.1. The van der Waals surface area contributed by atoms with Crippen LogP contribution in [-0.4, -0.2) is 25.9 Å². The molecule has 1 atom stereocenters. The number of amides is 1. The van der Waals surface area contributed by atoms with Crippen LogP contribution in [0.2, 0.25) is 0 Å². The second-order valence-corrected chi connectivity index (χ2v) is 7.51. The predicted molar refractivity (Wildman–Crippen MR) is 115 cm³/mol. The molecule has 0 aromatic heterocycles. The molecule has 31 heavy (non-hydrogen) atoms. The molecule has 0 fully saturated rings. The highest BCUT2D eigenvalue weighted by atomic mass is 19.1. The van der Waals surface area contributed by atoms with Crippen LogP contribution in [0.5, 0.6) is 17.2 Å². The molecule has 3 aromatic carbocycles. The first-order valence-corrected chi connectivity index (χ1v) is 10.1. The zero-order valence-corrected chi connectivity index (χ0v) is 17.3. The Morgan fingerprint density at radius 3 is 2.32 bits per heavy atom. The number of hydrogen-bond acceptors (Lipinski definition) is 4. The normalized spacial score (nSPS) is 13.0. The molecule has 160 valence electrons. The van der Waals surface area contributed by atoms with Crippen LogP contribution < -0.4 is 19.5 Å². The third-order valence-corrected chi connectivity index (χ3v) is 5.20. The maximum Gasteiger partial charge on any atom is 0.231 e. The molecule has 4 rings (SSSR count). The summed E-state index contributed by atoms with van der Waals surface area (Å²) in [5.74, 6) is 1.82. The number of fused-ring (bicyclic) bond motifs is 1. The molecule has 0 saturated heterocycles. The van der Waals surface area contributed by atoms with Crippen molar-refractivity contribution in [2.45, 2.75) is 25.3 Å². The Kier molecular flexibility index (Phi) is 6.36. The van der Waals surface area contributed by atoms with E-state index in [0.717, 1.165) is 33.9 Å². The highest BCUT2D eigenvalue weighted by Crippen LogP contribution is 2.33. The third-order valence-electron chi connectivity index (χ3n) is 5.20. The lowest BCUT2D eigenvalue weighted by Crippen LogP contribution is -2.39. The molecule has 0 aliphatic carbocycles. The summed E-state index contributed by atoms with van der Waals surface area (Å²) < 4.78 is 29.2. The van der Waals surface area contributed by atoms with Gasteiger partial charge in [-0.15, -0.1) is 0 Å². The van der Waals surface area contributed by atoms with E-state index in [1.807, 2.05) is 42.5 Å². The largest absolute Gasteiger partial charge is 0.497 e. The van der Waals surface area contributed by atoms with Crippen molar-refractivity contribution in [1.82, 2.24) is 5.32 Å².